The van der Waals surface area contributed by atoms with Gasteiger partial charge in [-0.2, -0.15) is 70.2 Å². The van der Waals surface area contributed by atoms with Crippen molar-refractivity contribution < 1.29 is 84.2 Å². The Kier molecular flexibility index (Phi) is 13.0. The number of carbonyl (C=O) groups excluding carboxylic acids is 2. The van der Waals surface area contributed by atoms with Crippen molar-refractivity contribution in [2.24, 2.45) is 0 Å². The molecule has 0 aromatic heterocycles. The summed E-state index contributed by atoms with van der Waals surface area (Å²) in [4.78, 5) is 27.0. The van der Waals surface area contributed by atoms with Crippen LogP contribution in [0, 0.1) is 0 Å². The molecular formula is C22H25F17N4O2S2. The van der Waals surface area contributed by atoms with Crippen molar-refractivity contribution in [3.05, 3.63) is 0 Å². The first-order chi connectivity index (χ1) is 21.1. The summed E-state index contributed by atoms with van der Waals surface area (Å²) >= 11 is -1.77. The van der Waals surface area contributed by atoms with Crippen molar-refractivity contribution in [3.63, 3.8) is 0 Å². The molecule has 2 aliphatic rings. The third-order valence-corrected chi connectivity index (χ3v) is 9.13. The van der Waals surface area contributed by atoms with Gasteiger partial charge in [0.15, 0.2) is 0 Å². The predicted octanol–water partition coefficient (Wildman–Crippen LogP) is 6.69. The first-order valence-corrected chi connectivity index (χ1v) is 14.8. The fourth-order valence-electron chi connectivity index (χ4n) is 4.05. The summed E-state index contributed by atoms with van der Waals surface area (Å²) in [5, 5.41) is -5.87. The number of alkyl halides is 17. The van der Waals surface area contributed by atoms with Crippen molar-refractivity contribution in [2.75, 3.05) is 52.4 Å². The molecule has 1 unspecified atom stereocenters. The quantitative estimate of drug-likeness (QED) is 0.119. The minimum atomic E-state index is -7.03. The molecular weight excluding hydrogens is 739 g/mol. The summed E-state index contributed by atoms with van der Waals surface area (Å²) in [6.07, 6.45) is -13.9. The third kappa shape index (κ3) is 9.14. The summed E-state index contributed by atoms with van der Waals surface area (Å²) < 4.78 is 222. The third-order valence-electron chi connectivity index (χ3n) is 6.87. The normalized spacial score (nSPS) is 19.7. The van der Waals surface area contributed by atoms with Crippen LogP contribution in [0.25, 0.3) is 0 Å². The Hall–Kier alpha value is -1.63. The van der Waals surface area contributed by atoms with E-state index in [4.69, 9.17) is 0 Å². The molecule has 276 valence electrons. The van der Waals surface area contributed by atoms with Crippen LogP contribution in [0.5, 0.6) is 0 Å². The number of unbranched alkanes of at least 4 members (excludes halogenated alkanes) is 1. The maximum absolute atomic E-state index is 13.8. The number of hydrogen-bond acceptors (Lipinski definition) is 6. The van der Waals surface area contributed by atoms with Gasteiger partial charge in [0.1, 0.15) is 0 Å². The lowest BCUT2D eigenvalue weighted by atomic mass is 10.1. The lowest BCUT2D eigenvalue weighted by molar-refractivity contribution is -0.381. The highest BCUT2D eigenvalue weighted by molar-refractivity contribution is 7.98. The molecule has 6 nitrogen and oxygen atoms in total. The molecule has 2 heterocycles. The SMILES string of the molecule is O=C(CCCCC(=O)N1CCN(SC(F)(F)C(F)(F)C(F)(F)C(F)(F)F)CC1)N1CCN(SC(F)C(F)(F)C(F)(F)C(F)(F)F)CC1. The molecule has 0 aliphatic carbocycles. The summed E-state index contributed by atoms with van der Waals surface area (Å²) in [6, 6.07) is 0. The Morgan fingerprint density at radius 3 is 1.26 bits per heavy atom. The molecule has 2 aliphatic heterocycles. The summed E-state index contributed by atoms with van der Waals surface area (Å²) in [7, 11) is 0. The molecule has 25 heteroatoms. The minimum Gasteiger partial charge on any atom is -0.340 e. The average molecular weight is 765 g/mol. The Morgan fingerprint density at radius 1 is 0.532 bits per heavy atom. The number of halogens is 17. The van der Waals surface area contributed by atoms with E-state index in [2.05, 4.69) is 0 Å². The number of carbonyl (C=O) groups is 2. The van der Waals surface area contributed by atoms with Crippen molar-refractivity contribution in [1.82, 2.24) is 18.4 Å². The van der Waals surface area contributed by atoms with Gasteiger partial charge in [-0.25, -0.2) is 13.0 Å². The van der Waals surface area contributed by atoms with E-state index in [-0.39, 0.29) is 65.0 Å². The highest BCUT2D eigenvalue weighted by Gasteiger charge is 2.82. The Labute approximate surface area is 263 Å². The van der Waals surface area contributed by atoms with Gasteiger partial charge in [-0.1, -0.05) is 0 Å². The van der Waals surface area contributed by atoms with Crippen molar-refractivity contribution >= 4 is 35.7 Å². The molecule has 47 heavy (non-hydrogen) atoms. The van der Waals surface area contributed by atoms with E-state index in [9.17, 15) is 84.2 Å². The zero-order valence-corrected chi connectivity index (χ0v) is 25.0. The Balaban J connectivity index is 1.72. The van der Waals surface area contributed by atoms with Gasteiger partial charge < -0.3 is 9.80 Å². The van der Waals surface area contributed by atoms with Crippen LogP contribution in [0.4, 0.5) is 74.6 Å². The Bertz CT molecular complexity index is 1080. The van der Waals surface area contributed by atoms with Crippen LogP contribution >= 0.6 is 23.9 Å². The molecule has 2 saturated heterocycles. The monoisotopic (exact) mass is 764 g/mol. The number of piperazine rings is 2. The smallest absolute Gasteiger partial charge is 0.340 e. The van der Waals surface area contributed by atoms with E-state index in [0.717, 1.165) is 9.21 Å². The van der Waals surface area contributed by atoms with Crippen LogP contribution in [0.3, 0.4) is 0 Å². The molecule has 0 aromatic carbocycles. The van der Waals surface area contributed by atoms with Gasteiger partial charge in [0, 0.05) is 77.1 Å². The average Bonchev–Trinajstić information content (AvgIpc) is 2.94. The topological polar surface area (TPSA) is 47.1 Å². The van der Waals surface area contributed by atoms with Crippen LogP contribution in [0.2, 0.25) is 0 Å². The molecule has 0 bridgehead atoms. The largest absolute Gasteiger partial charge is 0.460 e. The standard InChI is InChI=1S/C22H25F17N4O2S2/c23-15(16(24,25)17(26,27)20(32,33)34)46-42-9-5-40(6-10-42)13(44)3-1-2-4-14(45)41-7-11-43(12-8-41)47-22(38,39)19(30,31)18(28,29)21(35,36)37/h15H,1-12H2. The maximum atomic E-state index is 13.8. The summed E-state index contributed by atoms with van der Waals surface area (Å²) in [5.41, 5.74) is -3.96. The molecule has 0 N–H and O–H groups in total. The molecule has 0 radical (unpaired) electrons. The van der Waals surface area contributed by atoms with Gasteiger partial charge >= 0.3 is 41.3 Å². The summed E-state index contributed by atoms with van der Waals surface area (Å²) in [5.74, 6) is -27.7. The van der Waals surface area contributed by atoms with Gasteiger partial charge in [0.2, 0.25) is 17.3 Å². The molecule has 2 amide bonds. The molecule has 0 saturated carbocycles. The summed E-state index contributed by atoms with van der Waals surface area (Å²) in [6.45, 7) is -3.08. The molecule has 0 spiro atoms. The van der Waals surface area contributed by atoms with Crippen LogP contribution in [-0.4, -0.2) is 129 Å². The van der Waals surface area contributed by atoms with Gasteiger partial charge in [-0.05, 0) is 24.8 Å². The second-order valence-corrected chi connectivity index (χ2v) is 12.6. The number of hydrogen-bond donors (Lipinski definition) is 0. The molecule has 0 aromatic rings. The highest BCUT2D eigenvalue weighted by atomic mass is 32.2. The van der Waals surface area contributed by atoms with Gasteiger partial charge in [0.25, 0.3) is 0 Å². The van der Waals surface area contributed by atoms with E-state index in [1.807, 2.05) is 0 Å². The van der Waals surface area contributed by atoms with E-state index >= 15 is 0 Å². The van der Waals surface area contributed by atoms with E-state index in [1.54, 1.807) is 0 Å². The van der Waals surface area contributed by atoms with Crippen LogP contribution < -0.4 is 0 Å². The molecule has 2 rings (SSSR count). The number of amides is 2. The van der Waals surface area contributed by atoms with Crippen LogP contribution in [0.1, 0.15) is 25.7 Å². The van der Waals surface area contributed by atoms with Gasteiger partial charge in [-0.15, -0.1) is 0 Å². The van der Waals surface area contributed by atoms with E-state index in [1.165, 1.54) is 4.90 Å². The van der Waals surface area contributed by atoms with Crippen LogP contribution in [0.15, 0.2) is 0 Å². The van der Waals surface area contributed by atoms with Crippen molar-refractivity contribution in [2.45, 2.75) is 72.5 Å². The Morgan fingerprint density at radius 2 is 0.894 bits per heavy atom. The van der Waals surface area contributed by atoms with Crippen molar-refractivity contribution in [1.29, 1.82) is 0 Å². The second-order valence-electron chi connectivity index (χ2n) is 10.2. The fourth-order valence-corrected chi connectivity index (χ4v) is 5.88. The predicted molar refractivity (Wildman–Crippen MR) is 132 cm³/mol. The second kappa shape index (κ2) is 14.7. The highest BCUT2D eigenvalue weighted by Crippen LogP contribution is 2.57. The van der Waals surface area contributed by atoms with Gasteiger partial charge in [-0.3, -0.25) is 9.59 Å². The van der Waals surface area contributed by atoms with Gasteiger partial charge in [0.05, 0.1) is 0 Å². The minimum absolute atomic E-state index is 0.0816. The molecule has 2 fully saturated rings. The fraction of sp³-hybridized carbons (Fsp3) is 0.909. The van der Waals surface area contributed by atoms with E-state index < -0.39 is 95.6 Å². The first kappa shape index (κ1) is 41.5. The zero-order chi connectivity index (χ0) is 36.4. The maximum Gasteiger partial charge on any atom is 0.460 e. The lowest BCUT2D eigenvalue weighted by Crippen LogP contribution is -2.60. The number of nitrogens with zero attached hydrogens (tertiary/aromatic N) is 4. The molecule has 1 atom stereocenters. The number of rotatable bonds is 13. The first-order valence-electron chi connectivity index (χ1n) is 13.2. The lowest BCUT2D eigenvalue weighted by Gasteiger charge is -2.38. The van der Waals surface area contributed by atoms with Crippen molar-refractivity contribution in [3.8, 4) is 0 Å². The van der Waals surface area contributed by atoms with Crippen LogP contribution in [-0.2, 0) is 9.59 Å². The van der Waals surface area contributed by atoms with E-state index in [0.29, 0.717) is 4.31 Å². The zero-order valence-electron chi connectivity index (χ0n) is 23.4.